The summed E-state index contributed by atoms with van der Waals surface area (Å²) >= 11 is 0. The maximum Gasteiger partial charge on any atom is 0.144 e. The molecule has 3 unspecified atom stereocenters. The van der Waals surface area contributed by atoms with Crippen molar-refractivity contribution in [2.24, 2.45) is 5.41 Å². The van der Waals surface area contributed by atoms with E-state index in [2.05, 4.69) is 13.8 Å². The van der Waals surface area contributed by atoms with E-state index in [1.165, 1.54) is 19.3 Å². The number of Topliss-reactive ketones (excluding diaryl/α,β-unsaturated/α-hetero) is 1. The summed E-state index contributed by atoms with van der Waals surface area (Å²) in [5.74, 6) is 0.463. The summed E-state index contributed by atoms with van der Waals surface area (Å²) in [6, 6.07) is 0. The van der Waals surface area contributed by atoms with E-state index >= 15 is 0 Å². The van der Waals surface area contributed by atoms with E-state index in [0.29, 0.717) is 12.2 Å². The van der Waals surface area contributed by atoms with E-state index in [1.807, 2.05) is 0 Å². The molecule has 0 bridgehead atoms. The molecule has 1 spiro atoms. The highest BCUT2D eigenvalue weighted by molar-refractivity contribution is 5.92. The Hall–Kier alpha value is -0.410. The molecule has 3 fully saturated rings. The SMILES string of the molecule is CC1CC(OC2CC(=O)C23CCCCC3)CC(C)O1. The Balaban J connectivity index is 1.62. The van der Waals surface area contributed by atoms with Gasteiger partial charge in [0.05, 0.1) is 29.8 Å². The fourth-order valence-corrected chi connectivity index (χ4v) is 4.27. The first-order chi connectivity index (χ1) is 9.10. The van der Waals surface area contributed by atoms with Gasteiger partial charge in [-0.1, -0.05) is 19.3 Å². The molecule has 0 radical (unpaired) electrons. The standard InChI is InChI=1S/C16H26O3/c1-11-8-13(9-12(2)18-11)19-15-10-14(17)16(15)6-4-3-5-7-16/h11-13,15H,3-10H2,1-2H3. The minimum atomic E-state index is -0.0942. The highest BCUT2D eigenvalue weighted by Crippen LogP contribution is 2.51. The first kappa shape index (κ1) is 13.6. The second-order valence-corrected chi connectivity index (χ2v) is 6.82. The number of rotatable bonds is 2. The van der Waals surface area contributed by atoms with Gasteiger partial charge >= 0.3 is 0 Å². The monoisotopic (exact) mass is 266 g/mol. The van der Waals surface area contributed by atoms with Crippen molar-refractivity contribution in [2.45, 2.75) is 89.6 Å². The van der Waals surface area contributed by atoms with Gasteiger partial charge in [0.2, 0.25) is 0 Å². The molecule has 2 saturated carbocycles. The molecule has 0 N–H and O–H groups in total. The lowest BCUT2D eigenvalue weighted by Gasteiger charge is -2.51. The van der Waals surface area contributed by atoms with Gasteiger partial charge in [-0.2, -0.15) is 0 Å². The van der Waals surface area contributed by atoms with Crippen LogP contribution < -0.4 is 0 Å². The number of carbonyl (C=O) groups is 1. The van der Waals surface area contributed by atoms with E-state index in [-0.39, 0.29) is 29.8 Å². The van der Waals surface area contributed by atoms with Crippen LogP contribution in [-0.2, 0) is 14.3 Å². The summed E-state index contributed by atoms with van der Waals surface area (Å²) in [5, 5.41) is 0. The Labute approximate surface area is 116 Å². The molecule has 3 rings (SSSR count). The van der Waals surface area contributed by atoms with Crippen LogP contribution in [0, 0.1) is 5.41 Å². The van der Waals surface area contributed by atoms with Crippen molar-refractivity contribution >= 4 is 5.78 Å². The third kappa shape index (κ3) is 2.47. The zero-order chi connectivity index (χ0) is 13.5. The zero-order valence-electron chi connectivity index (χ0n) is 12.2. The molecule has 108 valence electrons. The molecule has 1 heterocycles. The smallest absolute Gasteiger partial charge is 0.144 e. The third-order valence-electron chi connectivity index (χ3n) is 5.30. The Morgan fingerprint density at radius 3 is 2.32 bits per heavy atom. The molecular weight excluding hydrogens is 240 g/mol. The minimum absolute atomic E-state index is 0.0942. The molecule has 19 heavy (non-hydrogen) atoms. The predicted octanol–water partition coefficient (Wildman–Crippen LogP) is 3.25. The highest BCUT2D eigenvalue weighted by Gasteiger charge is 2.56. The van der Waals surface area contributed by atoms with Gasteiger partial charge in [-0.25, -0.2) is 0 Å². The van der Waals surface area contributed by atoms with E-state index in [9.17, 15) is 4.79 Å². The van der Waals surface area contributed by atoms with Crippen LogP contribution in [0.2, 0.25) is 0 Å². The van der Waals surface area contributed by atoms with Crippen LogP contribution in [0.5, 0.6) is 0 Å². The lowest BCUT2D eigenvalue weighted by molar-refractivity contribution is -0.192. The number of hydrogen-bond acceptors (Lipinski definition) is 3. The lowest BCUT2D eigenvalue weighted by atomic mass is 9.57. The van der Waals surface area contributed by atoms with E-state index < -0.39 is 0 Å². The van der Waals surface area contributed by atoms with Gasteiger partial charge in [0.1, 0.15) is 5.78 Å². The second-order valence-electron chi connectivity index (χ2n) is 6.82. The number of ketones is 1. The molecule has 3 aliphatic rings. The number of carbonyl (C=O) groups excluding carboxylic acids is 1. The molecule has 0 aromatic heterocycles. The Morgan fingerprint density at radius 2 is 1.74 bits per heavy atom. The van der Waals surface area contributed by atoms with Gasteiger partial charge < -0.3 is 9.47 Å². The largest absolute Gasteiger partial charge is 0.375 e. The Bertz CT molecular complexity index is 336. The summed E-state index contributed by atoms with van der Waals surface area (Å²) in [7, 11) is 0. The van der Waals surface area contributed by atoms with Crippen molar-refractivity contribution in [3.8, 4) is 0 Å². The minimum Gasteiger partial charge on any atom is -0.375 e. The van der Waals surface area contributed by atoms with E-state index in [1.54, 1.807) is 0 Å². The van der Waals surface area contributed by atoms with Gasteiger partial charge in [0.15, 0.2) is 0 Å². The summed E-state index contributed by atoms with van der Waals surface area (Å²) in [4.78, 5) is 12.1. The van der Waals surface area contributed by atoms with Crippen LogP contribution in [0.4, 0.5) is 0 Å². The zero-order valence-corrected chi connectivity index (χ0v) is 12.2. The van der Waals surface area contributed by atoms with Gasteiger partial charge in [-0.3, -0.25) is 4.79 Å². The topological polar surface area (TPSA) is 35.5 Å². The predicted molar refractivity (Wildman–Crippen MR) is 73.0 cm³/mol. The molecule has 2 aliphatic carbocycles. The quantitative estimate of drug-likeness (QED) is 0.769. The molecule has 1 saturated heterocycles. The second kappa shape index (κ2) is 5.17. The first-order valence-corrected chi connectivity index (χ1v) is 7.94. The fraction of sp³-hybridized carbons (Fsp3) is 0.938. The van der Waals surface area contributed by atoms with Crippen molar-refractivity contribution < 1.29 is 14.3 Å². The van der Waals surface area contributed by atoms with Gasteiger partial charge in [0.25, 0.3) is 0 Å². The van der Waals surface area contributed by atoms with Gasteiger partial charge in [-0.15, -0.1) is 0 Å². The molecule has 3 atom stereocenters. The number of ether oxygens (including phenoxy) is 2. The molecule has 0 aromatic rings. The summed E-state index contributed by atoms with van der Waals surface area (Å²) in [5.41, 5.74) is -0.0942. The normalized spacial score (nSPS) is 42.1. The van der Waals surface area contributed by atoms with Crippen LogP contribution in [0.25, 0.3) is 0 Å². The number of hydrogen-bond donors (Lipinski definition) is 0. The Kier molecular flexibility index (Phi) is 3.69. The van der Waals surface area contributed by atoms with Crippen molar-refractivity contribution in [3.63, 3.8) is 0 Å². The van der Waals surface area contributed by atoms with Crippen molar-refractivity contribution in [2.75, 3.05) is 0 Å². The molecule has 0 amide bonds. The van der Waals surface area contributed by atoms with Gasteiger partial charge in [-0.05, 0) is 39.5 Å². The summed E-state index contributed by atoms with van der Waals surface area (Å²) < 4.78 is 12.1. The van der Waals surface area contributed by atoms with Crippen LogP contribution in [0.1, 0.15) is 65.2 Å². The average Bonchev–Trinajstić information content (AvgIpc) is 2.38. The van der Waals surface area contributed by atoms with Crippen LogP contribution in [-0.4, -0.2) is 30.2 Å². The third-order valence-corrected chi connectivity index (χ3v) is 5.30. The summed E-state index contributed by atoms with van der Waals surface area (Å²) in [6.45, 7) is 4.24. The van der Waals surface area contributed by atoms with Crippen molar-refractivity contribution in [1.82, 2.24) is 0 Å². The maximum atomic E-state index is 12.1. The highest BCUT2D eigenvalue weighted by atomic mass is 16.5. The van der Waals surface area contributed by atoms with Crippen LogP contribution in [0.15, 0.2) is 0 Å². The molecule has 1 aliphatic heterocycles. The average molecular weight is 266 g/mol. The Morgan fingerprint density at radius 1 is 1.11 bits per heavy atom. The lowest BCUT2D eigenvalue weighted by Crippen LogP contribution is -2.57. The van der Waals surface area contributed by atoms with Crippen molar-refractivity contribution in [3.05, 3.63) is 0 Å². The molecule has 0 aromatic carbocycles. The fourth-order valence-electron chi connectivity index (χ4n) is 4.27. The van der Waals surface area contributed by atoms with Crippen LogP contribution >= 0.6 is 0 Å². The van der Waals surface area contributed by atoms with Gasteiger partial charge in [0, 0.05) is 6.42 Å². The molecular formula is C16H26O3. The van der Waals surface area contributed by atoms with Crippen LogP contribution in [0.3, 0.4) is 0 Å². The van der Waals surface area contributed by atoms with Crippen molar-refractivity contribution in [1.29, 1.82) is 0 Å². The van der Waals surface area contributed by atoms with E-state index in [4.69, 9.17) is 9.47 Å². The maximum absolute atomic E-state index is 12.1. The molecule has 3 nitrogen and oxygen atoms in total. The summed E-state index contributed by atoms with van der Waals surface area (Å²) in [6.07, 6.45) is 9.47. The molecule has 3 heteroatoms. The first-order valence-electron chi connectivity index (χ1n) is 7.94. The van der Waals surface area contributed by atoms with E-state index in [0.717, 1.165) is 25.7 Å².